The van der Waals surface area contributed by atoms with Gasteiger partial charge in [0.2, 0.25) is 0 Å². The molecule has 33 heavy (non-hydrogen) atoms. The average molecular weight is 462 g/mol. The monoisotopic (exact) mass is 461 g/mol. The summed E-state index contributed by atoms with van der Waals surface area (Å²) < 4.78 is 15.4. The summed E-state index contributed by atoms with van der Waals surface area (Å²) >= 11 is 1.39. The first-order valence-corrected chi connectivity index (χ1v) is 11.6. The first-order valence-electron chi connectivity index (χ1n) is 10.6. The Morgan fingerprint density at radius 3 is 2.55 bits per heavy atom. The largest absolute Gasteiger partial charge is 0.350 e. The molecule has 168 valence electrons. The predicted molar refractivity (Wildman–Crippen MR) is 131 cm³/mol. The van der Waals surface area contributed by atoms with Gasteiger partial charge in [0.15, 0.2) is 5.16 Å². The molecule has 7 heteroatoms. The van der Waals surface area contributed by atoms with Crippen LogP contribution in [0.15, 0.2) is 76.7 Å². The molecule has 0 saturated heterocycles. The highest BCUT2D eigenvalue weighted by Crippen LogP contribution is 2.25. The Morgan fingerprint density at radius 1 is 1.09 bits per heavy atom. The molecule has 1 aromatic heterocycles. The van der Waals surface area contributed by atoms with E-state index >= 15 is 0 Å². The van der Waals surface area contributed by atoms with Crippen molar-refractivity contribution in [3.05, 3.63) is 99.6 Å². The van der Waals surface area contributed by atoms with E-state index in [9.17, 15) is 14.0 Å². The molecule has 1 heterocycles. The number of carbonyl (C=O) groups excluding carboxylic acids is 1. The van der Waals surface area contributed by atoms with E-state index in [0.29, 0.717) is 33.1 Å². The number of aryl methyl sites for hydroxylation is 1. The summed E-state index contributed by atoms with van der Waals surface area (Å²) in [5.41, 5.74) is 3.19. The fraction of sp³-hybridized carbons (Fsp3) is 0.192. The van der Waals surface area contributed by atoms with Gasteiger partial charge in [0.25, 0.3) is 11.5 Å². The van der Waals surface area contributed by atoms with E-state index in [4.69, 9.17) is 4.98 Å². The van der Waals surface area contributed by atoms with Gasteiger partial charge in [0.1, 0.15) is 5.82 Å². The minimum absolute atomic E-state index is 0.0113. The number of fused-ring (bicyclic) bond motifs is 1. The zero-order valence-electron chi connectivity index (χ0n) is 18.6. The summed E-state index contributed by atoms with van der Waals surface area (Å²) in [5, 5.41) is 3.64. The van der Waals surface area contributed by atoms with Gasteiger partial charge in [-0.1, -0.05) is 47.7 Å². The maximum absolute atomic E-state index is 14.0. The topological polar surface area (TPSA) is 64.0 Å². The lowest BCUT2D eigenvalue weighted by molar-refractivity contribution is 0.0943. The number of thioether (sulfide) groups is 1. The normalized spacial score (nSPS) is 11.2. The minimum Gasteiger partial charge on any atom is -0.350 e. The van der Waals surface area contributed by atoms with Crippen LogP contribution >= 0.6 is 11.8 Å². The van der Waals surface area contributed by atoms with Crippen LogP contribution in [0.2, 0.25) is 0 Å². The van der Waals surface area contributed by atoms with Gasteiger partial charge in [0.05, 0.1) is 16.6 Å². The zero-order chi connectivity index (χ0) is 23.5. The van der Waals surface area contributed by atoms with Crippen molar-refractivity contribution in [2.24, 2.45) is 0 Å². The maximum Gasteiger partial charge on any atom is 0.266 e. The molecule has 0 spiro atoms. The second-order valence-corrected chi connectivity index (χ2v) is 9.09. The maximum atomic E-state index is 14.0. The number of nitrogens with zero attached hydrogens (tertiary/aromatic N) is 2. The summed E-state index contributed by atoms with van der Waals surface area (Å²) in [7, 11) is 0. The van der Waals surface area contributed by atoms with Crippen LogP contribution in [0.1, 0.15) is 35.3 Å². The lowest BCUT2D eigenvalue weighted by Crippen LogP contribution is -2.30. The van der Waals surface area contributed by atoms with Crippen molar-refractivity contribution >= 4 is 28.6 Å². The third kappa shape index (κ3) is 5.14. The van der Waals surface area contributed by atoms with Crippen LogP contribution in [0, 0.1) is 12.7 Å². The molecule has 4 aromatic rings. The summed E-state index contributed by atoms with van der Waals surface area (Å²) in [6.07, 6.45) is 0. The van der Waals surface area contributed by atoms with Crippen LogP contribution in [0.25, 0.3) is 16.6 Å². The van der Waals surface area contributed by atoms with Crippen LogP contribution in [0.4, 0.5) is 4.39 Å². The molecule has 0 aliphatic heterocycles. The van der Waals surface area contributed by atoms with Crippen LogP contribution < -0.4 is 10.9 Å². The predicted octanol–water partition coefficient (Wildman–Crippen LogP) is 5.26. The Bertz CT molecular complexity index is 1380. The van der Waals surface area contributed by atoms with E-state index in [1.807, 2.05) is 45.0 Å². The van der Waals surface area contributed by atoms with E-state index in [-0.39, 0.29) is 17.5 Å². The molecule has 0 aliphatic carbocycles. The third-order valence-electron chi connectivity index (χ3n) is 5.08. The molecule has 1 amide bonds. The Balaban J connectivity index is 1.83. The highest BCUT2D eigenvalue weighted by Gasteiger charge is 2.16. The van der Waals surface area contributed by atoms with Gasteiger partial charge in [-0.15, -0.1) is 0 Å². The van der Waals surface area contributed by atoms with Crippen LogP contribution in [-0.4, -0.2) is 21.5 Å². The fourth-order valence-electron chi connectivity index (χ4n) is 3.42. The summed E-state index contributed by atoms with van der Waals surface area (Å²) in [4.78, 5) is 30.6. The molecule has 0 radical (unpaired) electrons. The van der Waals surface area contributed by atoms with Crippen molar-refractivity contribution in [2.45, 2.75) is 37.7 Å². The van der Waals surface area contributed by atoms with Gasteiger partial charge in [0, 0.05) is 17.4 Å². The van der Waals surface area contributed by atoms with Crippen molar-refractivity contribution in [1.82, 2.24) is 14.9 Å². The highest BCUT2D eigenvalue weighted by atomic mass is 32.2. The number of carbonyl (C=O) groups is 1. The van der Waals surface area contributed by atoms with E-state index in [1.165, 1.54) is 28.5 Å². The van der Waals surface area contributed by atoms with Crippen LogP contribution in [0.5, 0.6) is 0 Å². The molecule has 4 rings (SSSR count). The quantitative estimate of drug-likeness (QED) is 0.314. The molecule has 0 saturated carbocycles. The smallest absolute Gasteiger partial charge is 0.266 e. The number of amides is 1. The number of benzene rings is 3. The SMILES string of the molecule is Cc1ccc(CSc2nc3cc(C(=O)NC(C)C)ccc3c(=O)n2-c2cccc(F)c2)cc1. The molecular formula is C26H24FN3O2S. The number of aromatic nitrogens is 2. The van der Waals surface area contributed by atoms with Crippen molar-refractivity contribution in [2.75, 3.05) is 0 Å². The molecule has 0 fully saturated rings. The van der Waals surface area contributed by atoms with Crippen LogP contribution in [-0.2, 0) is 5.75 Å². The Morgan fingerprint density at radius 2 is 1.85 bits per heavy atom. The van der Waals surface area contributed by atoms with Gasteiger partial charge in [-0.3, -0.25) is 14.2 Å². The van der Waals surface area contributed by atoms with E-state index in [1.54, 1.807) is 30.3 Å². The number of halogens is 1. The van der Waals surface area contributed by atoms with Crippen molar-refractivity contribution < 1.29 is 9.18 Å². The number of rotatable bonds is 6. The summed E-state index contributed by atoms with van der Waals surface area (Å²) in [6, 6.07) is 18.8. The molecule has 0 unspecified atom stereocenters. The molecule has 0 atom stereocenters. The second-order valence-electron chi connectivity index (χ2n) is 8.15. The van der Waals surface area contributed by atoms with E-state index in [0.717, 1.165) is 11.1 Å². The third-order valence-corrected chi connectivity index (χ3v) is 6.09. The number of nitrogens with one attached hydrogen (secondary N) is 1. The molecule has 5 nitrogen and oxygen atoms in total. The number of hydrogen-bond donors (Lipinski definition) is 1. The van der Waals surface area contributed by atoms with Crippen LogP contribution in [0.3, 0.4) is 0 Å². The van der Waals surface area contributed by atoms with Gasteiger partial charge in [-0.2, -0.15) is 0 Å². The molecule has 1 N–H and O–H groups in total. The Kier molecular flexibility index (Phi) is 6.60. The minimum atomic E-state index is -0.435. The summed E-state index contributed by atoms with van der Waals surface area (Å²) in [5.74, 6) is -0.0762. The fourth-order valence-corrected chi connectivity index (χ4v) is 4.39. The first-order chi connectivity index (χ1) is 15.8. The van der Waals surface area contributed by atoms with Gasteiger partial charge < -0.3 is 5.32 Å². The standard InChI is InChI=1S/C26H24FN3O2S/c1-16(2)28-24(31)19-11-12-22-23(13-19)29-26(33-15-18-9-7-17(3)8-10-18)30(25(22)32)21-6-4-5-20(27)14-21/h4-14,16H,15H2,1-3H3,(H,28,31). The van der Waals surface area contributed by atoms with Crippen molar-refractivity contribution in [3.63, 3.8) is 0 Å². The average Bonchev–Trinajstić information content (AvgIpc) is 2.78. The Labute approximate surface area is 195 Å². The van der Waals surface area contributed by atoms with Gasteiger partial charge in [-0.25, -0.2) is 9.37 Å². The van der Waals surface area contributed by atoms with Gasteiger partial charge >= 0.3 is 0 Å². The first kappa shape index (κ1) is 22.7. The summed E-state index contributed by atoms with van der Waals surface area (Å²) in [6.45, 7) is 5.79. The lowest BCUT2D eigenvalue weighted by atomic mass is 10.1. The molecule has 0 aliphatic rings. The van der Waals surface area contributed by atoms with E-state index < -0.39 is 5.82 Å². The highest BCUT2D eigenvalue weighted by molar-refractivity contribution is 7.98. The lowest BCUT2D eigenvalue weighted by Gasteiger charge is -2.14. The Hall–Kier alpha value is -3.45. The van der Waals surface area contributed by atoms with Crippen molar-refractivity contribution in [1.29, 1.82) is 0 Å². The zero-order valence-corrected chi connectivity index (χ0v) is 19.4. The molecule has 0 bridgehead atoms. The molecule has 3 aromatic carbocycles. The van der Waals surface area contributed by atoms with Crippen molar-refractivity contribution in [3.8, 4) is 5.69 Å². The second kappa shape index (κ2) is 9.58. The van der Waals surface area contributed by atoms with E-state index in [2.05, 4.69) is 5.32 Å². The van der Waals surface area contributed by atoms with Gasteiger partial charge in [-0.05, 0) is 62.7 Å². The molecular weight excluding hydrogens is 437 g/mol. The number of hydrogen-bond acceptors (Lipinski definition) is 4.